The average Bonchev–Trinajstić information content (AvgIpc) is 2.76. The smallest absolute Gasteiger partial charge is 0.161 e. The Labute approximate surface area is 187 Å². The Balaban J connectivity index is 1.90. The molecule has 3 N–H and O–H groups in total. The molecule has 0 saturated carbocycles. The highest BCUT2D eigenvalue weighted by atomic mass is 32.2. The molecule has 0 aliphatic heterocycles. The second kappa shape index (κ2) is 14.4. The lowest BCUT2D eigenvalue weighted by atomic mass is 10.1. The Bertz CT molecular complexity index is 751. The van der Waals surface area contributed by atoms with Crippen molar-refractivity contribution < 1.29 is 23.5 Å². The van der Waals surface area contributed by atoms with E-state index in [0.717, 1.165) is 52.7 Å². The summed E-state index contributed by atoms with van der Waals surface area (Å²) >= 11 is 2.82. The lowest BCUT2D eigenvalue weighted by molar-refractivity contribution is -0.195. The topological polar surface area (TPSA) is 84.2 Å². The summed E-state index contributed by atoms with van der Waals surface area (Å²) in [6.45, 7) is 3.86. The van der Waals surface area contributed by atoms with E-state index in [1.54, 1.807) is 18.9 Å². The number of benzene rings is 2. The van der Waals surface area contributed by atoms with Crippen LogP contribution in [0.15, 0.2) is 47.4 Å². The van der Waals surface area contributed by atoms with Crippen molar-refractivity contribution in [1.82, 2.24) is 5.32 Å². The maximum absolute atomic E-state index is 5.91. The van der Waals surface area contributed by atoms with E-state index in [4.69, 9.17) is 24.4 Å². The van der Waals surface area contributed by atoms with Crippen molar-refractivity contribution >= 4 is 23.8 Å². The molecule has 9 heteroatoms. The van der Waals surface area contributed by atoms with Crippen molar-refractivity contribution in [3.63, 3.8) is 0 Å². The Hall–Kier alpha value is -1.62. The number of nitrogens with two attached hydrogens (primary N) is 1. The van der Waals surface area contributed by atoms with Crippen molar-refractivity contribution in [2.75, 3.05) is 38.9 Å². The zero-order chi connectivity index (χ0) is 21.6. The molecule has 1 atom stereocenters. The number of hydrogen-bond donors (Lipinski definition) is 2. The van der Waals surface area contributed by atoms with E-state index in [-0.39, 0.29) is 0 Å². The first-order valence-electron chi connectivity index (χ1n) is 9.65. The van der Waals surface area contributed by atoms with E-state index in [1.807, 2.05) is 43.3 Å². The van der Waals surface area contributed by atoms with Gasteiger partial charge in [0.05, 0.1) is 30.7 Å². The summed E-state index contributed by atoms with van der Waals surface area (Å²) in [6, 6.07) is 14.0. The Morgan fingerprint density at radius 3 is 2.50 bits per heavy atom. The number of methoxy groups -OCH3 is 1. The zero-order valence-corrected chi connectivity index (χ0v) is 19.2. The largest absolute Gasteiger partial charge is 0.495 e. The molecule has 0 radical (unpaired) electrons. The summed E-state index contributed by atoms with van der Waals surface area (Å²) in [5, 5.41) is 3.58. The first-order chi connectivity index (χ1) is 14.7. The number of ether oxygens (including phenoxy) is 3. The van der Waals surface area contributed by atoms with Crippen LogP contribution in [-0.2, 0) is 15.7 Å². The van der Waals surface area contributed by atoms with Crippen molar-refractivity contribution in [2.45, 2.75) is 24.3 Å². The van der Waals surface area contributed by atoms with Gasteiger partial charge in [-0.3, -0.25) is 0 Å². The lowest BCUT2D eigenvalue weighted by Crippen LogP contribution is -2.36. The predicted molar refractivity (Wildman–Crippen MR) is 122 cm³/mol. The quantitative estimate of drug-likeness (QED) is 0.180. The summed E-state index contributed by atoms with van der Waals surface area (Å²) in [5.74, 6) is 8.17. The van der Waals surface area contributed by atoms with Crippen molar-refractivity contribution in [2.24, 2.45) is 5.90 Å². The molecule has 166 valence electrons. The minimum absolute atomic E-state index is 0.295. The fraction of sp³-hybridized carbons (Fsp3) is 0.429. The predicted octanol–water partition coefficient (Wildman–Crippen LogP) is 3.87. The number of thioether (sulfide) groups is 1. The van der Waals surface area contributed by atoms with Crippen LogP contribution in [0, 0.1) is 0 Å². The van der Waals surface area contributed by atoms with Gasteiger partial charge in [0.2, 0.25) is 0 Å². The standard InChI is InChI=1S/C21H30N2O5S2/c1-4-25-18-7-5-6-8-19(18)26-12-11-23-17(15-29-3)13-16-9-10-20(24-2)21(14-16)30-28-27-22/h5-10,14,17,23H,4,11-13,15,22H2,1-3H3/t17-/m0/s1. The molecule has 0 aromatic heterocycles. The molecular formula is C21H30N2O5S2. The number of rotatable bonds is 15. The van der Waals surface area contributed by atoms with Crippen LogP contribution in [0.5, 0.6) is 17.2 Å². The van der Waals surface area contributed by atoms with Crippen LogP contribution < -0.4 is 25.4 Å². The molecule has 0 amide bonds. The van der Waals surface area contributed by atoms with E-state index in [2.05, 4.69) is 22.6 Å². The van der Waals surface area contributed by atoms with Gasteiger partial charge in [-0.25, -0.2) is 0 Å². The summed E-state index contributed by atoms with van der Waals surface area (Å²) in [7, 11) is 1.62. The van der Waals surface area contributed by atoms with Gasteiger partial charge >= 0.3 is 0 Å². The van der Waals surface area contributed by atoms with Crippen LogP contribution in [0.1, 0.15) is 12.5 Å². The van der Waals surface area contributed by atoms with Gasteiger partial charge in [-0.1, -0.05) is 18.2 Å². The molecule has 2 rings (SSSR count). The third-order valence-electron chi connectivity index (χ3n) is 4.18. The molecule has 0 aliphatic rings. The first-order valence-corrected chi connectivity index (χ1v) is 11.8. The maximum atomic E-state index is 5.91. The molecule has 2 aromatic rings. The van der Waals surface area contributed by atoms with E-state index in [9.17, 15) is 0 Å². The van der Waals surface area contributed by atoms with Crippen molar-refractivity contribution in [1.29, 1.82) is 0 Å². The molecule has 0 aliphatic carbocycles. The Kier molecular flexibility index (Phi) is 11.8. The van der Waals surface area contributed by atoms with E-state index in [0.29, 0.717) is 25.0 Å². The molecule has 0 bridgehead atoms. The fourth-order valence-electron chi connectivity index (χ4n) is 2.91. The van der Waals surface area contributed by atoms with Gasteiger partial charge in [0.1, 0.15) is 12.4 Å². The highest BCUT2D eigenvalue weighted by Gasteiger charge is 2.13. The molecule has 7 nitrogen and oxygen atoms in total. The lowest BCUT2D eigenvalue weighted by Gasteiger charge is -2.19. The number of nitrogens with one attached hydrogen (secondary N) is 1. The molecule has 0 fully saturated rings. The molecule has 0 saturated heterocycles. The van der Waals surface area contributed by atoms with Gasteiger partial charge in [0.25, 0.3) is 0 Å². The summed E-state index contributed by atoms with van der Waals surface area (Å²) in [6.07, 6.45) is 2.96. The van der Waals surface area contributed by atoms with Gasteiger partial charge in [0.15, 0.2) is 11.5 Å². The second-order valence-corrected chi connectivity index (χ2v) is 7.92. The molecular weight excluding hydrogens is 424 g/mol. The van der Waals surface area contributed by atoms with Gasteiger partial charge < -0.3 is 19.5 Å². The van der Waals surface area contributed by atoms with Crippen LogP contribution in [-0.4, -0.2) is 44.9 Å². The van der Waals surface area contributed by atoms with Crippen molar-refractivity contribution in [3.8, 4) is 17.2 Å². The second-order valence-electron chi connectivity index (χ2n) is 6.27. The Morgan fingerprint density at radius 2 is 1.83 bits per heavy atom. The SMILES string of the molecule is CCOc1ccccc1OCCN[C@H](CSC)Cc1ccc(OC)c(SOON)c1. The van der Waals surface area contributed by atoms with Crippen LogP contribution >= 0.6 is 23.8 Å². The number of para-hydroxylation sites is 2. The molecule has 0 unspecified atom stereocenters. The van der Waals surface area contributed by atoms with Crippen LogP contribution in [0.25, 0.3) is 0 Å². The first kappa shape index (κ1) is 24.6. The summed E-state index contributed by atoms with van der Waals surface area (Å²) in [4.78, 5) is 5.00. The van der Waals surface area contributed by atoms with Gasteiger partial charge in [-0.15, -0.1) is 9.32 Å². The number of hydrogen-bond acceptors (Lipinski definition) is 9. The maximum Gasteiger partial charge on any atom is 0.161 e. The van der Waals surface area contributed by atoms with Crippen LogP contribution in [0.2, 0.25) is 0 Å². The minimum Gasteiger partial charge on any atom is -0.495 e. The molecule has 0 heterocycles. The molecule has 0 spiro atoms. The van der Waals surface area contributed by atoms with E-state index >= 15 is 0 Å². The van der Waals surface area contributed by atoms with E-state index < -0.39 is 0 Å². The fourth-order valence-corrected chi connectivity index (χ4v) is 4.10. The third-order valence-corrected chi connectivity index (χ3v) is 5.56. The molecule has 2 aromatic carbocycles. The van der Waals surface area contributed by atoms with Gasteiger partial charge in [-0.2, -0.15) is 17.7 Å². The summed E-state index contributed by atoms with van der Waals surface area (Å²) < 4.78 is 21.6. The zero-order valence-electron chi connectivity index (χ0n) is 17.6. The van der Waals surface area contributed by atoms with E-state index in [1.165, 1.54) is 0 Å². The van der Waals surface area contributed by atoms with Gasteiger partial charge in [0, 0.05) is 18.3 Å². The van der Waals surface area contributed by atoms with Crippen molar-refractivity contribution in [3.05, 3.63) is 48.0 Å². The van der Waals surface area contributed by atoms with Crippen LogP contribution in [0.4, 0.5) is 0 Å². The molecule has 30 heavy (non-hydrogen) atoms. The third kappa shape index (κ3) is 8.25. The average molecular weight is 455 g/mol. The van der Waals surface area contributed by atoms with Gasteiger partial charge in [-0.05, 0) is 49.4 Å². The monoisotopic (exact) mass is 454 g/mol. The summed E-state index contributed by atoms with van der Waals surface area (Å²) in [5.41, 5.74) is 1.16. The Morgan fingerprint density at radius 1 is 1.07 bits per heavy atom. The normalized spacial score (nSPS) is 11.9. The highest BCUT2D eigenvalue weighted by molar-refractivity contribution is 7.98. The van der Waals surface area contributed by atoms with Crippen LogP contribution in [0.3, 0.4) is 0 Å². The highest BCUT2D eigenvalue weighted by Crippen LogP contribution is 2.31. The minimum atomic E-state index is 0.295.